The molecular weight excluding hydrogens is 298 g/mol. The third-order valence-corrected chi connectivity index (χ3v) is 5.83. The summed E-state index contributed by atoms with van der Waals surface area (Å²) >= 11 is 1.51. The zero-order chi connectivity index (χ0) is 15.6. The molecule has 5 heteroatoms. The summed E-state index contributed by atoms with van der Waals surface area (Å²) in [4.78, 5) is 27.0. The lowest BCUT2D eigenvalue weighted by atomic mass is 9.99. The van der Waals surface area contributed by atoms with Gasteiger partial charge in [-0.2, -0.15) is 0 Å². The fourth-order valence-electron chi connectivity index (χ4n) is 3.25. The van der Waals surface area contributed by atoms with Crippen molar-refractivity contribution in [1.82, 2.24) is 4.90 Å². The highest BCUT2D eigenvalue weighted by molar-refractivity contribution is 8.01. The van der Waals surface area contributed by atoms with Crippen molar-refractivity contribution >= 4 is 23.6 Å². The Morgan fingerprint density at radius 2 is 2.09 bits per heavy atom. The first-order chi connectivity index (χ1) is 10.7. The van der Waals surface area contributed by atoms with Crippen molar-refractivity contribution < 1.29 is 14.3 Å². The highest BCUT2D eigenvalue weighted by atomic mass is 32.2. The van der Waals surface area contributed by atoms with E-state index in [9.17, 15) is 9.59 Å². The Morgan fingerprint density at radius 1 is 1.32 bits per heavy atom. The number of fused-ring (bicyclic) bond motifs is 1. The maximum atomic E-state index is 12.8. The van der Waals surface area contributed by atoms with Gasteiger partial charge in [-0.3, -0.25) is 9.69 Å². The minimum Gasteiger partial charge on any atom is -0.450 e. The number of thioether (sulfide) groups is 1. The van der Waals surface area contributed by atoms with Crippen molar-refractivity contribution in [3.8, 4) is 0 Å². The molecule has 1 saturated carbocycles. The largest absolute Gasteiger partial charge is 0.450 e. The standard InChI is InChI=1S/C17H21NO3S/c1-2-21-16(20)18-14-11-7-4-8-12-15(19)17(14,18)22-13-9-5-3-6-10-13/h3,5-6,9-10,14H,2,4,7-8,11-12H2,1H3. The molecule has 4 nitrogen and oxygen atoms in total. The Hall–Kier alpha value is -1.49. The molecule has 0 bridgehead atoms. The summed E-state index contributed by atoms with van der Waals surface area (Å²) < 4.78 is 5.17. The van der Waals surface area contributed by atoms with E-state index in [-0.39, 0.29) is 17.9 Å². The molecule has 3 rings (SSSR count). The van der Waals surface area contributed by atoms with Crippen LogP contribution in [0.4, 0.5) is 4.79 Å². The molecule has 1 heterocycles. The number of hydrogen-bond acceptors (Lipinski definition) is 4. The van der Waals surface area contributed by atoms with Crippen LogP contribution in [-0.4, -0.2) is 34.3 Å². The third kappa shape index (κ3) is 2.62. The first kappa shape index (κ1) is 15.4. The van der Waals surface area contributed by atoms with Gasteiger partial charge in [0.05, 0.1) is 12.6 Å². The van der Waals surface area contributed by atoms with E-state index in [1.165, 1.54) is 11.8 Å². The maximum absolute atomic E-state index is 12.8. The van der Waals surface area contributed by atoms with E-state index in [2.05, 4.69) is 0 Å². The van der Waals surface area contributed by atoms with Crippen LogP contribution in [-0.2, 0) is 9.53 Å². The van der Waals surface area contributed by atoms with E-state index < -0.39 is 4.87 Å². The number of rotatable bonds is 3. The van der Waals surface area contributed by atoms with Gasteiger partial charge in [0.2, 0.25) is 0 Å². The molecule has 1 amide bonds. The lowest BCUT2D eigenvalue weighted by molar-refractivity contribution is -0.120. The normalized spacial score (nSPS) is 27.6. The molecule has 0 radical (unpaired) electrons. The van der Waals surface area contributed by atoms with Crippen molar-refractivity contribution in [1.29, 1.82) is 0 Å². The van der Waals surface area contributed by atoms with Crippen molar-refractivity contribution in [3.05, 3.63) is 30.3 Å². The number of Topliss-reactive ketones (excluding diaryl/α,β-unsaturated/α-hetero) is 1. The Kier molecular flexibility index (Phi) is 4.43. The third-order valence-electron chi connectivity index (χ3n) is 4.32. The Labute approximate surface area is 135 Å². The number of hydrogen-bond donors (Lipinski definition) is 0. The van der Waals surface area contributed by atoms with E-state index in [0.717, 1.165) is 30.6 Å². The van der Waals surface area contributed by atoms with Crippen LogP contribution in [0.3, 0.4) is 0 Å². The van der Waals surface area contributed by atoms with Gasteiger partial charge in [-0.25, -0.2) is 4.79 Å². The fourth-order valence-corrected chi connectivity index (χ4v) is 4.72. The molecule has 118 valence electrons. The second-order valence-electron chi connectivity index (χ2n) is 5.72. The van der Waals surface area contributed by atoms with Crippen LogP contribution in [0.2, 0.25) is 0 Å². The molecule has 0 aromatic heterocycles. The number of nitrogens with zero attached hydrogens (tertiary/aromatic N) is 1. The average Bonchev–Trinajstić information content (AvgIpc) is 3.14. The zero-order valence-electron chi connectivity index (χ0n) is 12.8. The molecule has 1 aromatic carbocycles. The van der Waals surface area contributed by atoms with Gasteiger partial charge in [-0.15, -0.1) is 0 Å². The molecule has 2 atom stereocenters. The summed E-state index contributed by atoms with van der Waals surface area (Å²) in [5.41, 5.74) is 0. The predicted octanol–water partition coefficient (Wildman–Crippen LogP) is 3.85. The first-order valence-corrected chi connectivity index (χ1v) is 8.75. The predicted molar refractivity (Wildman–Crippen MR) is 85.8 cm³/mol. The topological polar surface area (TPSA) is 46.4 Å². The summed E-state index contributed by atoms with van der Waals surface area (Å²) in [7, 11) is 0. The number of ether oxygens (including phenoxy) is 1. The number of amides is 1. The Bertz CT molecular complexity index is 562. The molecule has 0 N–H and O–H groups in total. The summed E-state index contributed by atoms with van der Waals surface area (Å²) in [6, 6.07) is 9.82. The maximum Gasteiger partial charge on any atom is 0.411 e. The monoisotopic (exact) mass is 319 g/mol. The summed E-state index contributed by atoms with van der Waals surface area (Å²) in [6.45, 7) is 2.13. The SMILES string of the molecule is CCOC(=O)N1C2CCCCCC(=O)C21Sc1ccccc1. The van der Waals surface area contributed by atoms with Gasteiger partial charge < -0.3 is 4.74 Å². The second kappa shape index (κ2) is 6.32. The van der Waals surface area contributed by atoms with Crippen molar-refractivity contribution in [3.63, 3.8) is 0 Å². The molecule has 1 aromatic rings. The smallest absolute Gasteiger partial charge is 0.411 e. The number of carbonyl (C=O) groups excluding carboxylic acids is 2. The van der Waals surface area contributed by atoms with Gasteiger partial charge in [0, 0.05) is 11.3 Å². The van der Waals surface area contributed by atoms with Crippen molar-refractivity contribution in [2.75, 3.05) is 6.61 Å². The molecule has 1 aliphatic carbocycles. The molecular formula is C17H21NO3S. The van der Waals surface area contributed by atoms with Crippen LogP contribution in [0, 0.1) is 0 Å². The van der Waals surface area contributed by atoms with Gasteiger partial charge >= 0.3 is 6.09 Å². The summed E-state index contributed by atoms with van der Waals surface area (Å²) in [6.07, 6.45) is 4.11. The molecule has 0 spiro atoms. The molecule has 2 fully saturated rings. The van der Waals surface area contributed by atoms with Crippen LogP contribution >= 0.6 is 11.8 Å². The van der Waals surface area contributed by atoms with E-state index in [0.29, 0.717) is 13.0 Å². The van der Waals surface area contributed by atoms with Gasteiger partial charge in [-0.05, 0) is 31.9 Å². The van der Waals surface area contributed by atoms with Crippen LogP contribution < -0.4 is 0 Å². The summed E-state index contributed by atoms with van der Waals surface area (Å²) in [5, 5.41) is 0. The quantitative estimate of drug-likeness (QED) is 0.794. The van der Waals surface area contributed by atoms with Gasteiger partial charge in [0.15, 0.2) is 10.7 Å². The van der Waals surface area contributed by atoms with Gasteiger partial charge in [0.1, 0.15) is 0 Å². The van der Waals surface area contributed by atoms with Crippen LogP contribution in [0.1, 0.15) is 39.0 Å². The van der Waals surface area contributed by atoms with Crippen LogP contribution in [0.25, 0.3) is 0 Å². The van der Waals surface area contributed by atoms with E-state index in [1.54, 1.807) is 11.8 Å². The van der Waals surface area contributed by atoms with Crippen molar-refractivity contribution in [2.24, 2.45) is 0 Å². The fraction of sp³-hybridized carbons (Fsp3) is 0.529. The molecule has 2 aliphatic rings. The number of carbonyl (C=O) groups is 2. The second-order valence-corrected chi connectivity index (χ2v) is 7.02. The highest BCUT2D eigenvalue weighted by Crippen LogP contribution is 2.57. The molecule has 2 unspecified atom stereocenters. The van der Waals surface area contributed by atoms with Crippen molar-refractivity contribution in [2.45, 2.75) is 54.8 Å². The number of ketones is 1. The first-order valence-electron chi connectivity index (χ1n) is 7.93. The van der Waals surface area contributed by atoms with E-state index in [4.69, 9.17) is 4.74 Å². The van der Waals surface area contributed by atoms with Crippen LogP contribution in [0.15, 0.2) is 35.2 Å². The minimum absolute atomic E-state index is 0.0236. The highest BCUT2D eigenvalue weighted by Gasteiger charge is 2.70. The molecule has 1 aliphatic heterocycles. The minimum atomic E-state index is -0.742. The summed E-state index contributed by atoms with van der Waals surface area (Å²) in [5.74, 6) is 0.166. The zero-order valence-corrected chi connectivity index (χ0v) is 13.6. The number of benzene rings is 1. The average molecular weight is 319 g/mol. The lowest BCUT2D eigenvalue weighted by Crippen LogP contribution is -2.30. The molecule has 22 heavy (non-hydrogen) atoms. The van der Waals surface area contributed by atoms with E-state index in [1.807, 2.05) is 30.3 Å². The Morgan fingerprint density at radius 3 is 2.82 bits per heavy atom. The van der Waals surface area contributed by atoms with E-state index >= 15 is 0 Å². The Balaban J connectivity index is 1.89. The van der Waals surface area contributed by atoms with Gasteiger partial charge in [0.25, 0.3) is 0 Å². The lowest BCUT2D eigenvalue weighted by Gasteiger charge is -2.17. The van der Waals surface area contributed by atoms with Gasteiger partial charge in [-0.1, -0.05) is 42.8 Å². The van der Waals surface area contributed by atoms with Crippen LogP contribution in [0.5, 0.6) is 0 Å². The molecule has 1 saturated heterocycles.